The van der Waals surface area contributed by atoms with E-state index in [1.54, 1.807) is 12.1 Å². The van der Waals surface area contributed by atoms with Crippen molar-refractivity contribution in [2.45, 2.75) is 51.0 Å². The van der Waals surface area contributed by atoms with Crippen LogP contribution in [0.5, 0.6) is 5.88 Å². The van der Waals surface area contributed by atoms with Gasteiger partial charge in [0.1, 0.15) is 24.9 Å². The lowest BCUT2D eigenvalue weighted by Crippen LogP contribution is -2.34. The van der Waals surface area contributed by atoms with Crippen LogP contribution in [-0.4, -0.2) is 40.9 Å². The summed E-state index contributed by atoms with van der Waals surface area (Å²) in [4.78, 5) is 10.4. The molecule has 27 heavy (non-hydrogen) atoms. The van der Waals surface area contributed by atoms with Gasteiger partial charge in [0.2, 0.25) is 5.88 Å². The second kappa shape index (κ2) is 7.16. The molecule has 1 aromatic carbocycles. The van der Waals surface area contributed by atoms with Crippen LogP contribution in [0, 0.1) is 18.3 Å². The number of hydrogen-bond donors (Lipinski definition) is 1. The first-order chi connectivity index (χ1) is 13.1. The van der Waals surface area contributed by atoms with Crippen LogP contribution in [-0.2, 0) is 6.67 Å². The summed E-state index contributed by atoms with van der Waals surface area (Å²) in [6.45, 7) is 1.19. The van der Waals surface area contributed by atoms with Gasteiger partial charge in [-0.15, -0.1) is 0 Å². The number of nitrogens with zero attached hydrogens (tertiary/aromatic N) is 4. The molecule has 2 aliphatic heterocycles. The largest absolute Gasteiger partial charge is 0.472 e. The highest BCUT2D eigenvalue weighted by Crippen LogP contribution is 2.38. The number of hydrogen-bond acceptors (Lipinski definition) is 6. The van der Waals surface area contributed by atoms with E-state index in [1.807, 2.05) is 17.8 Å². The molecule has 2 bridgehead atoms. The van der Waals surface area contributed by atoms with Gasteiger partial charge in [-0.2, -0.15) is 5.26 Å². The van der Waals surface area contributed by atoms with E-state index in [9.17, 15) is 4.39 Å². The Bertz CT molecular complexity index is 902. The molecule has 3 heterocycles. The van der Waals surface area contributed by atoms with Gasteiger partial charge in [-0.3, -0.25) is 0 Å². The van der Waals surface area contributed by atoms with E-state index in [-0.39, 0.29) is 12.1 Å². The van der Waals surface area contributed by atoms with Crippen LogP contribution < -0.4 is 10.1 Å². The lowest BCUT2D eigenvalue weighted by molar-refractivity contribution is 0.154. The van der Waals surface area contributed by atoms with Crippen LogP contribution in [0.15, 0.2) is 24.5 Å². The van der Waals surface area contributed by atoms with Crippen LogP contribution in [0.1, 0.15) is 36.0 Å². The van der Waals surface area contributed by atoms with Gasteiger partial charge in [0, 0.05) is 29.8 Å². The number of halogens is 1. The molecule has 0 saturated carbocycles. The molecule has 4 rings (SSSR count). The second-order valence-corrected chi connectivity index (χ2v) is 7.03. The van der Waals surface area contributed by atoms with Crippen molar-refractivity contribution in [2.24, 2.45) is 0 Å². The van der Waals surface area contributed by atoms with Gasteiger partial charge in [-0.05, 0) is 38.0 Å². The van der Waals surface area contributed by atoms with Gasteiger partial charge in [0.05, 0.1) is 17.2 Å². The van der Waals surface area contributed by atoms with E-state index >= 15 is 0 Å². The first kappa shape index (κ1) is 17.7. The normalized spacial score (nSPS) is 24.0. The number of alkyl halides is 1. The first-order valence-corrected chi connectivity index (χ1v) is 8.98. The summed E-state index contributed by atoms with van der Waals surface area (Å²) >= 11 is 0. The number of ether oxygens (including phenoxy) is 1. The molecule has 0 spiro atoms. The molecule has 6 nitrogen and oxygen atoms in total. The zero-order valence-corrected chi connectivity index (χ0v) is 15.0. The van der Waals surface area contributed by atoms with Gasteiger partial charge in [-0.25, -0.2) is 14.4 Å². The van der Waals surface area contributed by atoms with Crippen molar-refractivity contribution in [1.82, 2.24) is 14.8 Å². The third-order valence-corrected chi connectivity index (χ3v) is 5.47. The zero-order valence-electron chi connectivity index (χ0n) is 15.0. The Labute approximate surface area is 158 Å². The number of fused-ring (bicyclic) bond motifs is 2. The van der Waals surface area contributed by atoms with Crippen LogP contribution in [0.4, 0.5) is 15.9 Å². The van der Waals surface area contributed by atoms with Crippen LogP contribution in [0.2, 0.25) is 0 Å². The standard InChI is InChI=1S/C19H19BFN5O/c1-11-18(25-15-4-2-12(9-22)6-13(15)8-21)23-10-24-19(11)27-17-7-14-3-5-16(17)26(14)20/h2,4,6,10,14,16-17H,3,5,7-8H2,1H3,(H,23,24,25). The highest BCUT2D eigenvalue weighted by molar-refractivity contribution is 6.05. The van der Waals surface area contributed by atoms with Crippen molar-refractivity contribution >= 4 is 19.5 Å². The Kier molecular flexibility index (Phi) is 4.71. The summed E-state index contributed by atoms with van der Waals surface area (Å²) in [6, 6.07) is 7.46. The Morgan fingerprint density at radius 1 is 1.41 bits per heavy atom. The molecule has 1 N–H and O–H groups in total. The number of aromatic nitrogens is 2. The lowest BCUT2D eigenvalue weighted by atomic mass is 9.98. The molecule has 2 radical (unpaired) electrons. The second-order valence-electron chi connectivity index (χ2n) is 7.03. The SMILES string of the molecule is [B]N1C2CCC1C(Oc1ncnc(Nc3ccc(C#N)cc3CF)c1C)C2. The number of nitriles is 1. The summed E-state index contributed by atoms with van der Waals surface area (Å²) < 4.78 is 19.5. The molecule has 2 fully saturated rings. The summed E-state index contributed by atoms with van der Waals surface area (Å²) in [7, 11) is 6.10. The topological polar surface area (TPSA) is 74.1 Å². The maximum Gasteiger partial charge on any atom is 0.221 e. The Morgan fingerprint density at radius 2 is 2.26 bits per heavy atom. The third kappa shape index (κ3) is 3.23. The minimum absolute atomic E-state index is 0.0199. The Morgan fingerprint density at radius 3 is 2.93 bits per heavy atom. The summed E-state index contributed by atoms with van der Waals surface area (Å²) in [5, 5.41) is 12.1. The van der Waals surface area contributed by atoms with Crippen molar-refractivity contribution in [1.29, 1.82) is 5.26 Å². The molecule has 2 aliphatic rings. The zero-order chi connectivity index (χ0) is 19.0. The minimum atomic E-state index is -0.678. The van der Waals surface area contributed by atoms with Gasteiger partial charge in [0.15, 0.2) is 7.98 Å². The van der Waals surface area contributed by atoms with Crippen molar-refractivity contribution in [3.8, 4) is 11.9 Å². The fourth-order valence-electron chi connectivity index (χ4n) is 3.95. The fraction of sp³-hybridized carbons (Fsp3) is 0.421. The predicted molar refractivity (Wildman–Crippen MR) is 99.5 cm³/mol. The highest BCUT2D eigenvalue weighted by Gasteiger charge is 2.45. The molecule has 3 unspecified atom stereocenters. The molecule has 2 aromatic rings. The van der Waals surface area contributed by atoms with Crippen LogP contribution in [0.3, 0.4) is 0 Å². The van der Waals surface area contributed by atoms with E-state index in [2.05, 4.69) is 15.3 Å². The van der Waals surface area contributed by atoms with E-state index in [0.717, 1.165) is 24.8 Å². The first-order valence-electron chi connectivity index (χ1n) is 8.98. The monoisotopic (exact) mass is 363 g/mol. The highest BCUT2D eigenvalue weighted by atomic mass is 19.1. The molecule has 0 aliphatic carbocycles. The van der Waals surface area contributed by atoms with Crippen molar-refractivity contribution in [3.63, 3.8) is 0 Å². The fourth-order valence-corrected chi connectivity index (χ4v) is 3.95. The van der Waals surface area contributed by atoms with Crippen molar-refractivity contribution in [3.05, 3.63) is 41.2 Å². The van der Waals surface area contributed by atoms with E-state index in [0.29, 0.717) is 34.6 Å². The van der Waals surface area contributed by atoms with Crippen LogP contribution >= 0.6 is 0 Å². The van der Waals surface area contributed by atoms with Gasteiger partial charge in [0.25, 0.3) is 0 Å². The number of benzene rings is 1. The molecular formula is C19H19BFN5O. The minimum Gasteiger partial charge on any atom is -0.472 e. The summed E-state index contributed by atoms with van der Waals surface area (Å²) in [6.07, 6.45) is 4.49. The molecule has 3 atom stereocenters. The van der Waals surface area contributed by atoms with E-state index in [1.165, 1.54) is 12.4 Å². The Hall–Kier alpha value is -2.66. The maximum absolute atomic E-state index is 13.4. The van der Waals surface area contributed by atoms with E-state index in [4.69, 9.17) is 18.0 Å². The lowest BCUT2D eigenvalue weighted by Gasteiger charge is -2.24. The summed E-state index contributed by atoms with van der Waals surface area (Å²) in [5.74, 6) is 1.06. The van der Waals surface area contributed by atoms with Crippen LogP contribution in [0.25, 0.3) is 0 Å². The molecule has 0 amide bonds. The van der Waals surface area contributed by atoms with Crippen molar-refractivity contribution < 1.29 is 9.13 Å². The Balaban J connectivity index is 1.55. The maximum atomic E-state index is 13.4. The van der Waals surface area contributed by atoms with Gasteiger partial charge < -0.3 is 14.9 Å². The average molecular weight is 363 g/mol. The molecule has 2 saturated heterocycles. The van der Waals surface area contributed by atoms with Gasteiger partial charge in [-0.1, -0.05) is 0 Å². The van der Waals surface area contributed by atoms with E-state index < -0.39 is 6.67 Å². The summed E-state index contributed by atoms with van der Waals surface area (Å²) in [5.41, 5.74) is 2.14. The predicted octanol–water partition coefficient (Wildman–Crippen LogP) is 2.94. The third-order valence-electron chi connectivity index (χ3n) is 5.47. The number of nitrogens with one attached hydrogen (secondary N) is 1. The number of anilines is 2. The molecular weight excluding hydrogens is 344 g/mol. The smallest absolute Gasteiger partial charge is 0.221 e. The average Bonchev–Trinajstić information content (AvgIpc) is 3.19. The van der Waals surface area contributed by atoms with Crippen molar-refractivity contribution in [2.75, 3.05) is 5.32 Å². The number of rotatable bonds is 5. The molecule has 1 aromatic heterocycles. The molecule has 8 heteroatoms. The van der Waals surface area contributed by atoms with Gasteiger partial charge >= 0.3 is 0 Å². The quantitative estimate of drug-likeness (QED) is 0.824. The molecule has 136 valence electrons.